The highest BCUT2D eigenvalue weighted by Crippen LogP contribution is 2.31. The monoisotopic (exact) mass is 115 g/mol. The Morgan fingerprint density at radius 3 is 2.38 bits per heavy atom. The first-order valence-electron chi connectivity index (χ1n) is 2.63. The molecule has 2 N–H and O–H groups in total. The normalized spacial score (nSPS) is 22.2. The van der Waals surface area contributed by atoms with Gasteiger partial charge in [0.1, 0.15) is 5.72 Å². The number of rotatable bonds is 1. The van der Waals surface area contributed by atoms with E-state index >= 15 is 0 Å². The van der Waals surface area contributed by atoms with Crippen LogP contribution in [-0.2, 0) is 4.79 Å². The molecule has 8 heavy (non-hydrogen) atoms. The molecule has 1 aliphatic carbocycles. The minimum absolute atomic E-state index is 0.162. The lowest BCUT2D eigenvalue weighted by Gasteiger charge is -2.05. The Morgan fingerprint density at radius 2 is 2.25 bits per heavy atom. The van der Waals surface area contributed by atoms with Gasteiger partial charge in [0, 0.05) is 6.92 Å². The van der Waals surface area contributed by atoms with E-state index < -0.39 is 5.72 Å². The summed E-state index contributed by atoms with van der Waals surface area (Å²) in [5.41, 5.74) is -0.828. The van der Waals surface area contributed by atoms with Gasteiger partial charge in [0.15, 0.2) is 0 Å². The van der Waals surface area contributed by atoms with Gasteiger partial charge in [-0.3, -0.25) is 4.79 Å². The molecular weight excluding hydrogens is 106 g/mol. The van der Waals surface area contributed by atoms with Gasteiger partial charge < -0.3 is 10.4 Å². The van der Waals surface area contributed by atoms with Crippen LogP contribution in [0, 0.1) is 0 Å². The summed E-state index contributed by atoms with van der Waals surface area (Å²) < 4.78 is 0. The van der Waals surface area contributed by atoms with Crippen molar-refractivity contribution in [1.29, 1.82) is 0 Å². The third kappa shape index (κ3) is 1.20. The molecule has 3 nitrogen and oxygen atoms in total. The number of hydrogen-bond acceptors (Lipinski definition) is 2. The first kappa shape index (κ1) is 5.56. The Hall–Kier alpha value is -0.570. The zero-order valence-corrected chi connectivity index (χ0v) is 4.77. The molecule has 1 saturated carbocycles. The fourth-order valence-corrected chi connectivity index (χ4v) is 0.571. The van der Waals surface area contributed by atoms with Gasteiger partial charge in [-0.25, -0.2) is 0 Å². The number of carbonyl (C=O) groups is 1. The summed E-state index contributed by atoms with van der Waals surface area (Å²) in [6.45, 7) is 1.40. The van der Waals surface area contributed by atoms with E-state index in [4.69, 9.17) is 5.11 Å². The van der Waals surface area contributed by atoms with E-state index in [0.29, 0.717) is 12.8 Å². The second-order valence-corrected chi connectivity index (χ2v) is 2.21. The Balaban J connectivity index is 2.29. The molecule has 0 spiro atoms. The van der Waals surface area contributed by atoms with Crippen molar-refractivity contribution in [2.75, 3.05) is 0 Å². The highest BCUT2D eigenvalue weighted by Gasteiger charge is 2.40. The summed E-state index contributed by atoms with van der Waals surface area (Å²) in [5, 5.41) is 11.4. The summed E-state index contributed by atoms with van der Waals surface area (Å²) >= 11 is 0. The van der Waals surface area contributed by atoms with Crippen LogP contribution in [0.15, 0.2) is 0 Å². The molecule has 0 aromatic rings. The number of amides is 1. The summed E-state index contributed by atoms with van der Waals surface area (Å²) in [6, 6.07) is 0. The van der Waals surface area contributed by atoms with Crippen molar-refractivity contribution < 1.29 is 9.90 Å². The van der Waals surface area contributed by atoms with E-state index in [-0.39, 0.29) is 5.91 Å². The van der Waals surface area contributed by atoms with E-state index in [9.17, 15) is 4.79 Å². The quantitative estimate of drug-likeness (QED) is 0.457. The molecule has 0 atom stereocenters. The van der Waals surface area contributed by atoms with Gasteiger partial charge in [0.2, 0.25) is 5.91 Å². The Morgan fingerprint density at radius 1 is 1.75 bits per heavy atom. The molecule has 0 aromatic heterocycles. The molecule has 0 heterocycles. The average Bonchev–Trinajstić information content (AvgIpc) is 2.17. The van der Waals surface area contributed by atoms with Gasteiger partial charge >= 0.3 is 0 Å². The van der Waals surface area contributed by atoms with E-state index in [1.165, 1.54) is 6.92 Å². The van der Waals surface area contributed by atoms with Crippen LogP contribution in [0.25, 0.3) is 0 Å². The third-order valence-corrected chi connectivity index (χ3v) is 1.13. The van der Waals surface area contributed by atoms with Gasteiger partial charge in [0.05, 0.1) is 0 Å². The molecule has 0 aromatic carbocycles. The molecule has 1 amide bonds. The standard InChI is InChI=1S/C5H9NO2/c1-4(7)6-5(8)2-3-5/h8H,2-3H2,1H3,(H,6,7). The van der Waals surface area contributed by atoms with Crippen molar-refractivity contribution in [2.24, 2.45) is 0 Å². The predicted molar refractivity (Wildman–Crippen MR) is 28.0 cm³/mol. The smallest absolute Gasteiger partial charge is 0.219 e. The maximum Gasteiger partial charge on any atom is 0.219 e. The van der Waals surface area contributed by atoms with E-state index in [2.05, 4.69) is 5.32 Å². The van der Waals surface area contributed by atoms with Crippen LogP contribution in [0.3, 0.4) is 0 Å². The Labute approximate surface area is 47.7 Å². The third-order valence-electron chi connectivity index (χ3n) is 1.13. The zero-order valence-electron chi connectivity index (χ0n) is 4.77. The van der Waals surface area contributed by atoms with Crippen LogP contribution in [0.4, 0.5) is 0 Å². The minimum Gasteiger partial charge on any atom is -0.371 e. The largest absolute Gasteiger partial charge is 0.371 e. The van der Waals surface area contributed by atoms with Crippen LogP contribution >= 0.6 is 0 Å². The van der Waals surface area contributed by atoms with Gasteiger partial charge in [0.25, 0.3) is 0 Å². The molecule has 46 valence electrons. The molecular formula is C5H9NO2. The van der Waals surface area contributed by atoms with Crippen LogP contribution in [0.1, 0.15) is 19.8 Å². The fraction of sp³-hybridized carbons (Fsp3) is 0.800. The highest BCUT2D eigenvalue weighted by molar-refractivity contribution is 5.73. The number of aliphatic hydroxyl groups is 1. The van der Waals surface area contributed by atoms with E-state index in [0.717, 1.165) is 0 Å². The zero-order chi connectivity index (χ0) is 6.20. The van der Waals surface area contributed by atoms with E-state index in [1.807, 2.05) is 0 Å². The van der Waals surface area contributed by atoms with Crippen molar-refractivity contribution in [3.63, 3.8) is 0 Å². The summed E-state index contributed by atoms with van der Waals surface area (Å²) in [6.07, 6.45) is 1.40. The average molecular weight is 115 g/mol. The minimum atomic E-state index is -0.828. The molecule has 0 bridgehead atoms. The van der Waals surface area contributed by atoms with Gasteiger partial charge in [-0.1, -0.05) is 0 Å². The van der Waals surface area contributed by atoms with Crippen LogP contribution in [-0.4, -0.2) is 16.7 Å². The predicted octanol–water partition coefficient (Wildman–Crippen LogP) is -0.395. The summed E-state index contributed by atoms with van der Waals surface area (Å²) in [5.74, 6) is -0.162. The van der Waals surface area contributed by atoms with Gasteiger partial charge in [-0.05, 0) is 12.8 Å². The maximum absolute atomic E-state index is 10.2. The Kier molecular flexibility index (Phi) is 1.01. The lowest BCUT2D eigenvalue weighted by atomic mass is 10.5. The lowest BCUT2D eigenvalue weighted by Crippen LogP contribution is -2.34. The highest BCUT2D eigenvalue weighted by atomic mass is 16.3. The molecule has 1 rings (SSSR count). The van der Waals surface area contributed by atoms with Gasteiger partial charge in [-0.2, -0.15) is 0 Å². The van der Waals surface area contributed by atoms with Gasteiger partial charge in [-0.15, -0.1) is 0 Å². The van der Waals surface area contributed by atoms with Crippen molar-refractivity contribution in [2.45, 2.75) is 25.5 Å². The summed E-state index contributed by atoms with van der Waals surface area (Å²) in [4.78, 5) is 10.2. The molecule has 1 aliphatic rings. The first-order valence-corrected chi connectivity index (χ1v) is 2.63. The molecule has 0 unspecified atom stereocenters. The topological polar surface area (TPSA) is 49.3 Å². The number of carbonyl (C=O) groups excluding carboxylic acids is 1. The lowest BCUT2D eigenvalue weighted by molar-refractivity contribution is -0.122. The molecule has 0 saturated heterocycles. The van der Waals surface area contributed by atoms with E-state index in [1.54, 1.807) is 0 Å². The van der Waals surface area contributed by atoms with Crippen molar-refractivity contribution in [3.05, 3.63) is 0 Å². The first-order chi connectivity index (χ1) is 3.62. The van der Waals surface area contributed by atoms with Crippen LogP contribution in [0.5, 0.6) is 0 Å². The van der Waals surface area contributed by atoms with Crippen molar-refractivity contribution in [3.8, 4) is 0 Å². The molecule has 0 aliphatic heterocycles. The van der Waals surface area contributed by atoms with Crippen LogP contribution < -0.4 is 5.32 Å². The Bertz CT molecular complexity index is 118. The number of nitrogens with one attached hydrogen (secondary N) is 1. The summed E-state index contributed by atoms with van der Waals surface area (Å²) in [7, 11) is 0. The second kappa shape index (κ2) is 1.45. The second-order valence-electron chi connectivity index (χ2n) is 2.21. The SMILES string of the molecule is CC(=O)NC1(O)CC1. The fourth-order valence-electron chi connectivity index (χ4n) is 0.571. The van der Waals surface area contributed by atoms with Crippen LogP contribution in [0.2, 0.25) is 0 Å². The van der Waals surface area contributed by atoms with Crippen molar-refractivity contribution in [1.82, 2.24) is 5.32 Å². The number of hydrogen-bond donors (Lipinski definition) is 2. The maximum atomic E-state index is 10.2. The van der Waals surface area contributed by atoms with Crippen molar-refractivity contribution >= 4 is 5.91 Å². The molecule has 1 fully saturated rings. The molecule has 0 radical (unpaired) electrons. The molecule has 3 heteroatoms.